The Hall–Kier alpha value is -2.72. The van der Waals surface area contributed by atoms with Crippen molar-refractivity contribution in [3.63, 3.8) is 0 Å². The van der Waals surface area contributed by atoms with Crippen LogP contribution >= 0.6 is 11.8 Å². The quantitative estimate of drug-likeness (QED) is 0.657. The number of para-hydroxylation sites is 2. The predicted molar refractivity (Wildman–Crippen MR) is 112 cm³/mol. The molecular formula is C23H22N2OS. The lowest BCUT2D eigenvalue weighted by molar-refractivity contribution is -0.121. The molecule has 0 bridgehead atoms. The summed E-state index contributed by atoms with van der Waals surface area (Å²) in [5.74, 6) is 0.0729. The van der Waals surface area contributed by atoms with Gasteiger partial charge in [0.1, 0.15) is 0 Å². The molecule has 136 valence electrons. The number of carbonyl (C=O) groups excluding carboxylic acids is 1. The van der Waals surface area contributed by atoms with Crippen molar-refractivity contribution in [1.29, 1.82) is 0 Å². The molecule has 1 amide bonds. The lowest BCUT2D eigenvalue weighted by Crippen LogP contribution is -2.29. The predicted octanol–water partition coefficient (Wildman–Crippen LogP) is 5.30. The highest BCUT2D eigenvalue weighted by molar-refractivity contribution is 7.99. The molecule has 0 spiro atoms. The summed E-state index contributed by atoms with van der Waals surface area (Å²) in [6.07, 6.45) is 0.458. The van der Waals surface area contributed by atoms with Crippen LogP contribution < -0.4 is 10.2 Å². The number of nitrogens with one attached hydrogen (secondary N) is 1. The zero-order valence-electron chi connectivity index (χ0n) is 15.3. The highest BCUT2D eigenvalue weighted by atomic mass is 32.2. The van der Waals surface area contributed by atoms with E-state index in [2.05, 4.69) is 89.9 Å². The molecule has 0 unspecified atom stereocenters. The number of amides is 1. The number of hydrogen-bond acceptors (Lipinski definition) is 3. The molecule has 3 aromatic rings. The van der Waals surface area contributed by atoms with Gasteiger partial charge in [-0.3, -0.25) is 4.79 Å². The smallest absolute Gasteiger partial charge is 0.222 e. The van der Waals surface area contributed by atoms with Crippen LogP contribution in [-0.4, -0.2) is 12.5 Å². The maximum Gasteiger partial charge on any atom is 0.222 e. The molecule has 0 aliphatic carbocycles. The molecule has 3 nitrogen and oxygen atoms in total. The first-order valence-corrected chi connectivity index (χ1v) is 9.98. The summed E-state index contributed by atoms with van der Waals surface area (Å²) in [4.78, 5) is 17.1. The van der Waals surface area contributed by atoms with Crippen molar-refractivity contribution in [3.05, 3.63) is 83.9 Å². The first kappa shape index (κ1) is 17.7. The topological polar surface area (TPSA) is 32.3 Å². The third-order valence-corrected chi connectivity index (χ3v) is 5.84. The molecule has 1 aliphatic rings. The molecule has 0 saturated carbocycles. The standard InChI is InChI=1S/C23H22N2OS/c1-17-10-12-18(13-11-17)16-24-23(26)14-15-25-19-6-2-4-8-21(19)27-22-9-5-3-7-20(22)25/h2-13H,14-16H2,1H3,(H,24,26). The molecule has 3 aromatic carbocycles. The highest BCUT2D eigenvalue weighted by Gasteiger charge is 2.22. The summed E-state index contributed by atoms with van der Waals surface area (Å²) in [5, 5.41) is 3.04. The Labute approximate surface area is 164 Å². The molecule has 1 heterocycles. The second kappa shape index (κ2) is 7.89. The molecular weight excluding hydrogens is 352 g/mol. The van der Waals surface area contributed by atoms with Gasteiger partial charge in [0, 0.05) is 29.3 Å². The number of carbonyl (C=O) groups is 1. The lowest BCUT2D eigenvalue weighted by Gasteiger charge is -2.32. The van der Waals surface area contributed by atoms with Crippen molar-refractivity contribution < 1.29 is 4.79 Å². The van der Waals surface area contributed by atoms with E-state index in [0.29, 0.717) is 19.5 Å². The minimum absolute atomic E-state index is 0.0729. The number of hydrogen-bond donors (Lipinski definition) is 1. The molecule has 0 saturated heterocycles. The van der Waals surface area contributed by atoms with Gasteiger partial charge in [0.2, 0.25) is 5.91 Å². The third kappa shape index (κ3) is 4.01. The van der Waals surface area contributed by atoms with Crippen LogP contribution in [0, 0.1) is 6.92 Å². The molecule has 4 heteroatoms. The van der Waals surface area contributed by atoms with E-state index in [1.165, 1.54) is 26.7 Å². The molecule has 4 rings (SSSR count). The fraction of sp³-hybridized carbons (Fsp3) is 0.174. The van der Waals surface area contributed by atoms with Gasteiger partial charge < -0.3 is 10.2 Å². The second-order valence-corrected chi connectivity index (χ2v) is 7.79. The number of benzene rings is 3. The van der Waals surface area contributed by atoms with Gasteiger partial charge in [0.05, 0.1) is 11.4 Å². The summed E-state index contributed by atoms with van der Waals surface area (Å²) in [6, 6.07) is 25.0. The van der Waals surface area contributed by atoms with Crippen molar-refractivity contribution in [2.75, 3.05) is 11.4 Å². The number of fused-ring (bicyclic) bond motifs is 2. The molecule has 0 atom stereocenters. The van der Waals surface area contributed by atoms with E-state index >= 15 is 0 Å². The van der Waals surface area contributed by atoms with E-state index in [-0.39, 0.29) is 5.91 Å². The second-order valence-electron chi connectivity index (χ2n) is 6.70. The first-order chi connectivity index (χ1) is 13.2. The van der Waals surface area contributed by atoms with Crippen LogP contribution in [0.15, 0.2) is 82.6 Å². The summed E-state index contributed by atoms with van der Waals surface area (Å²) in [6.45, 7) is 3.30. The molecule has 1 N–H and O–H groups in total. The van der Waals surface area contributed by atoms with E-state index in [0.717, 1.165) is 5.56 Å². The average Bonchev–Trinajstić information content (AvgIpc) is 2.70. The SMILES string of the molecule is Cc1ccc(CNC(=O)CCN2c3ccccc3Sc3ccccc32)cc1. The van der Waals surface area contributed by atoms with Crippen LogP contribution in [0.1, 0.15) is 17.5 Å². The van der Waals surface area contributed by atoms with Crippen LogP contribution in [0.5, 0.6) is 0 Å². The maximum absolute atomic E-state index is 12.4. The zero-order chi connectivity index (χ0) is 18.6. The van der Waals surface area contributed by atoms with E-state index in [1.807, 2.05) is 0 Å². The first-order valence-electron chi connectivity index (χ1n) is 9.16. The van der Waals surface area contributed by atoms with Crippen LogP contribution in [0.3, 0.4) is 0 Å². The van der Waals surface area contributed by atoms with Gasteiger partial charge in [-0.25, -0.2) is 0 Å². The Morgan fingerprint density at radius 1 is 0.889 bits per heavy atom. The molecule has 0 fully saturated rings. The number of rotatable bonds is 5. The minimum Gasteiger partial charge on any atom is -0.352 e. The Morgan fingerprint density at radius 2 is 1.48 bits per heavy atom. The van der Waals surface area contributed by atoms with Gasteiger partial charge in [-0.2, -0.15) is 0 Å². The fourth-order valence-corrected chi connectivity index (χ4v) is 4.33. The molecule has 1 aliphatic heterocycles. The maximum atomic E-state index is 12.4. The van der Waals surface area contributed by atoms with E-state index in [1.54, 1.807) is 11.8 Å². The van der Waals surface area contributed by atoms with Gasteiger partial charge in [-0.1, -0.05) is 65.9 Å². The van der Waals surface area contributed by atoms with E-state index < -0.39 is 0 Å². The highest BCUT2D eigenvalue weighted by Crippen LogP contribution is 2.47. The Kier molecular flexibility index (Phi) is 5.16. The number of anilines is 2. The normalized spacial score (nSPS) is 12.3. The largest absolute Gasteiger partial charge is 0.352 e. The van der Waals surface area contributed by atoms with Gasteiger partial charge in [0.15, 0.2) is 0 Å². The molecule has 0 radical (unpaired) electrons. The van der Waals surface area contributed by atoms with Crippen molar-refractivity contribution in [2.24, 2.45) is 0 Å². The van der Waals surface area contributed by atoms with Crippen LogP contribution in [0.25, 0.3) is 0 Å². The Morgan fingerprint density at radius 3 is 2.11 bits per heavy atom. The van der Waals surface area contributed by atoms with Crippen molar-refractivity contribution >= 4 is 29.0 Å². The Bertz CT molecular complexity index is 907. The monoisotopic (exact) mass is 374 g/mol. The van der Waals surface area contributed by atoms with E-state index in [9.17, 15) is 4.79 Å². The van der Waals surface area contributed by atoms with Gasteiger partial charge in [-0.05, 0) is 36.8 Å². The summed E-state index contributed by atoms with van der Waals surface area (Å²) < 4.78 is 0. The number of nitrogens with zero attached hydrogens (tertiary/aromatic N) is 1. The third-order valence-electron chi connectivity index (χ3n) is 4.70. The summed E-state index contributed by atoms with van der Waals surface area (Å²) >= 11 is 1.79. The molecule has 0 aromatic heterocycles. The summed E-state index contributed by atoms with van der Waals surface area (Å²) in [7, 11) is 0. The van der Waals surface area contributed by atoms with Crippen LogP contribution in [0.4, 0.5) is 11.4 Å². The van der Waals surface area contributed by atoms with Crippen LogP contribution in [0.2, 0.25) is 0 Å². The summed E-state index contributed by atoms with van der Waals surface area (Å²) in [5.41, 5.74) is 4.70. The zero-order valence-corrected chi connectivity index (χ0v) is 16.1. The lowest BCUT2D eigenvalue weighted by atomic mass is 10.1. The van der Waals surface area contributed by atoms with Crippen molar-refractivity contribution in [3.8, 4) is 0 Å². The van der Waals surface area contributed by atoms with Crippen molar-refractivity contribution in [1.82, 2.24) is 5.32 Å². The minimum atomic E-state index is 0.0729. The Balaban J connectivity index is 1.43. The van der Waals surface area contributed by atoms with E-state index in [4.69, 9.17) is 0 Å². The molecule has 27 heavy (non-hydrogen) atoms. The van der Waals surface area contributed by atoms with Crippen LogP contribution in [-0.2, 0) is 11.3 Å². The number of aryl methyl sites for hydroxylation is 1. The fourth-order valence-electron chi connectivity index (χ4n) is 3.23. The van der Waals surface area contributed by atoms with Gasteiger partial charge >= 0.3 is 0 Å². The van der Waals surface area contributed by atoms with Gasteiger partial charge in [0.25, 0.3) is 0 Å². The average molecular weight is 375 g/mol. The van der Waals surface area contributed by atoms with Crippen molar-refractivity contribution in [2.45, 2.75) is 29.7 Å². The van der Waals surface area contributed by atoms with Gasteiger partial charge in [-0.15, -0.1) is 0 Å².